The summed E-state index contributed by atoms with van der Waals surface area (Å²) >= 11 is 0. The lowest BCUT2D eigenvalue weighted by Gasteiger charge is -2.32. The average Bonchev–Trinajstić information content (AvgIpc) is 2.99. The fourth-order valence-electron chi connectivity index (χ4n) is 4.83. The van der Waals surface area contributed by atoms with Gasteiger partial charge in [-0.15, -0.1) is 0 Å². The van der Waals surface area contributed by atoms with Crippen molar-refractivity contribution in [2.45, 2.75) is 39.4 Å². The molecule has 0 amide bonds. The second-order valence-corrected chi connectivity index (χ2v) is 8.52. The highest BCUT2D eigenvalue weighted by Crippen LogP contribution is 2.50. The molecule has 2 aromatic carbocycles. The Bertz CT molecular complexity index is 940. The minimum atomic E-state index is -0.267. The van der Waals surface area contributed by atoms with Crippen LogP contribution in [0.15, 0.2) is 30.3 Å². The lowest BCUT2D eigenvalue weighted by molar-refractivity contribution is -0.144. The molecule has 4 nitrogen and oxygen atoms in total. The lowest BCUT2D eigenvalue weighted by Crippen LogP contribution is -2.31. The Kier molecular flexibility index (Phi) is 5.34. The summed E-state index contributed by atoms with van der Waals surface area (Å²) in [5.74, 6) is 0.466. The molecule has 0 saturated carbocycles. The number of carbonyl (C=O) groups is 1. The maximum atomic E-state index is 14.0. The van der Waals surface area contributed by atoms with Gasteiger partial charge in [-0.1, -0.05) is 18.2 Å². The molecule has 2 aromatic rings. The number of esters is 1. The van der Waals surface area contributed by atoms with Gasteiger partial charge >= 0.3 is 5.97 Å². The van der Waals surface area contributed by atoms with Gasteiger partial charge < -0.3 is 14.4 Å². The van der Waals surface area contributed by atoms with E-state index in [1.807, 2.05) is 27.1 Å². The Balaban J connectivity index is 1.65. The third-order valence-electron chi connectivity index (χ3n) is 6.29. The van der Waals surface area contributed by atoms with Crippen LogP contribution in [-0.4, -0.2) is 31.5 Å². The van der Waals surface area contributed by atoms with Crippen LogP contribution in [0.3, 0.4) is 0 Å². The maximum absolute atomic E-state index is 14.0. The van der Waals surface area contributed by atoms with Crippen molar-refractivity contribution in [2.75, 3.05) is 20.6 Å². The Morgan fingerprint density at radius 2 is 2.00 bits per heavy atom. The molecule has 0 aromatic heterocycles. The fourth-order valence-corrected chi connectivity index (χ4v) is 4.83. The molecule has 3 atom stereocenters. The largest absolute Gasteiger partial charge is 0.489 e. The summed E-state index contributed by atoms with van der Waals surface area (Å²) < 4.78 is 25.9. The van der Waals surface area contributed by atoms with Crippen LogP contribution in [0.2, 0.25) is 0 Å². The van der Waals surface area contributed by atoms with E-state index in [4.69, 9.17) is 9.47 Å². The summed E-state index contributed by atoms with van der Waals surface area (Å²) in [7, 11) is 3.98. The number of rotatable bonds is 5. The number of benzene rings is 2. The minimum absolute atomic E-state index is 0.0918. The van der Waals surface area contributed by atoms with E-state index in [0.29, 0.717) is 12.1 Å². The summed E-state index contributed by atoms with van der Waals surface area (Å²) in [6, 6.07) is 8.68. The summed E-state index contributed by atoms with van der Waals surface area (Å²) in [5, 5.41) is 0. The molecule has 1 aliphatic heterocycles. The van der Waals surface area contributed by atoms with Crippen LogP contribution in [0.4, 0.5) is 4.39 Å². The molecule has 2 aliphatic rings. The van der Waals surface area contributed by atoms with Crippen molar-refractivity contribution in [3.05, 3.63) is 64.0 Å². The predicted molar refractivity (Wildman–Crippen MR) is 109 cm³/mol. The normalized spacial score (nSPS) is 23.0. The summed E-state index contributed by atoms with van der Waals surface area (Å²) in [6.07, 6.45) is 1.68. The van der Waals surface area contributed by atoms with E-state index in [9.17, 15) is 9.18 Å². The third-order valence-corrected chi connectivity index (χ3v) is 6.29. The van der Waals surface area contributed by atoms with Crippen LogP contribution in [0, 0.1) is 31.5 Å². The van der Waals surface area contributed by atoms with Gasteiger partial charge in [0.2, 0.25) is 0 Å². The van der Waals surface area contributed by atoms with E-state index >= 15 is 0 Å². The van der Waals surface area contributed by atoms with Gasteiger partial charge in [0.15, 0.2) is 0 Å². The molecule has 154 valence electrons. The van der Waals surface area contributed by atoms with Gasteiger partial charge in [-0.2, -0.15) is 0 Å². The van der Waals surface area contributed by atoms with Crippen molar-refractivity contribution in [2.24, 2.45) is 11.8 Å². The fraction of sp³-hybridized carbons (Fsp3) is 0.458. The van der Waals surface area contributed by atoms with Crippen molar-refractivity contribution >= 4 is 5.97 Å². The van der Waals surface area contributed by atoms with Crippen molar-refractivity contribution in [3.8, 4) is 5.75 Å². The van der Waals surface area contributed by atoms with Crippen LogP contribution in [0.1, 0.15) is 40.3 Å². The second-order valence-electron chi connectivity index (χ2n) is 8.52. The molecule has 0 bridgehead atoms. The third kappa shape index (κ3) is 3.64. The molecule has 1 fully saturated rings. The number of ether oxygens (including phenoxy) is 2. The molecule has 0 N–H and O–H groups in total. The van der Waals surface area contributed by atoms with Crippen LogP contribution in [0.5, 0.6) is 5.75 Å². The molecule has 1 heterocycles. The molecular formula is C24H28FNO3. The van der Waals surface area contributed by atoms with E-state index in [-0.39, 0.29) is 36.3 Å². The predicted octanol–water partition coefficient (Wildman–Crippen LogP) is 4.36. The smallest absolute Gasteiger partial charge is 0.311 e. The first-order valence-corrected chi connectivity index (χ1v) is 10.2. The molecule has 2 unspecified atom stereocenters. The molecule has 5 heteroatoms. The monoisotopic (exact) mass is 397 g/mol. The maximum Gasteiger partial charge on any atom is 0.311 e. The second kappa shape index (κ2) is 7.79. The Hall–Kier alpha value is -2.40. The molecule has 4 rings (SSSR count). The highest BCUT2D eigenvalue weighted by molar-refractivity contribution is 5.76. The summed E-state index contributed by atoms with van der Waals surface area (Å²) in [6.45, 7) is 4.97. The van der Waals surface area contributed by atoms with Crippen molar-refractivity contribution in [3.63, 3.8) is 0 Å². The minimum Gasteiger partial charge on any atom is -0.489 e. The summed E-state index contributed by atoms with van der Waals surface area (Å²) in [4.78, 5) is 14.6. The van der Waals surface area contributed by atoms with E-state index in [2.05, 4.69) is 11.8 Å². The molecule has 1 saturated heterocycles. The number of hydrogen-bond acceptors (Lipinski definition) is 4. The SMILES string of the molecule is Cc1cc(OCc2ccccc2F)c(C)c2c1CCC1C(CN(C)C)C(=O)O[C@@H]21. The average molecular weight is 397 g/mol. The molecule has 29 heavy (non-hydrogen) atoms. The molecule has 0 spiro atoms. The first-order valence-electron chi connectivity index (χ1n) is 10.2. The van der Waals surface area contributed by atoms with Gasteiger partial charge in [0.1, 0.15) is 24.3 Å². The summed E-state index contributed by atoms with van der Waals surface area (Å²) in [5.41, 5.74) is 5.02. The Labute approximate surface area is 171 Å². The highest BCUT2D eigenvalue weighted by atomic mass is 19.1. The zero-order valence-electron chi connectivity index (χ0n) is 17.5. The topological polar surface area (TPSA) is 38.8 Å². The van der Waals surface area contributed by atoms with E-state index in [1.54, 1.807) is 18.2 Å². The first kappa shape index (κ1) is 19.9. The Morgan fingerprint density at radius 3 is 2.72 bits per heavy atom. The highest BCUT2D eigenvalue weighted by Gasteiger charge is 2.48. The number of fused-ring (bicyclic) bond motifs is 3. The van der Waals surface area contributed by atoms with Crippen LogP contribution < -0.4 is 4.74 Å². The van der Waals surface area contributed by atoms with Gasteiger partial charge in [-0.25, -0.2) is 4.39 Å². The van der Waals surface area contributed by atoms with E-state index < -0.39 is 0 Å². The van der Waals surface area contributed by atoms with E-state index in [1.165, 1.54) is 11.6 Å². The van der Waals surface area contributed by atoms with Crippen LogP contribution in [0.25, 0.3) is 0 Å². The zero-order chi connectivity index (χ0) is 20.7. The number of hydrogen-bond donors (Lipinski definition) is 0. The zero-order valence-corrected chi connectivity index (χ0v) is 17.5. The van der Waals surface area contributed by atoms with Crippen molar-refractivity contribution in [1.29, 1.82) is 0 Å². The quantitative estimate of drug-likeness (QED) is 0.703. The van der Waals surface area contributed by atoms with Crippen molar-refractivity contribution < 1.29 is 18.7 Å². The van der Waals surface area contributed by atoms with Gasteiger partial charge in [0, 0.05) is 23.6 Å². The van der Waals surface area contributed by atoms with Crippen LogP contribution in [-0.2, 0) is 22.6 Å². The first-order chi connectivity index (χ1) is 13.9. The number of nitrogens with zero attached hydrogens (tertiary/aromatic N) is 1. The standard InChI is InChI=1S/C24H28FNO3/c1-14-11-21(28-13-16-7-5-6-8-20(16)25)15(2)22-17(14)9-10-18-19(12-26(3)4)24(27)29-23(18)22/h5-8,11,18-19,23H,9-10,12-13H2,1-4H3/t18?,19?,23-/m1/s1. The van der Waals surface area contributed by atoms with Gasteiger partial charge in [-0.05, 0) is 69.6 Å². The van der Waals surface area contributed by atoms with Crippen molar-refractivity contribution in [1.82, 2.24) is 4.90 Å². The van der Waals surface area contributed by atoms with Gasteiger partial charge in [-0.3, -0.25) is 4.79 Å². The lowest BCUT2D eigenvalue weighted by atomic mass is 9.74. The number of carbonyl (C=O) groups excluding carboxylic acids is 1. The molecule has 1 aliphatic carbocycles. The number of halogens is 1. The Morgan fingerprint density at radius 1 is 1.24 bits per heavy atom. The molecule has 0 radical (unpaired) electrons. The van der Waals surface area contributed by atoms with Gasteiger partial charge in [0.05, 0.1) is 5.92 Å². The van der Waals surface area contributed by atoms with E-state index in [0.717, 1.165) is 35.3 Å². The van der Waals surface area contributed by atoms with Gasteiger partial charge in [0.25, 0.3) is 0 Å². The van der Waals surface area contributed by atoms with Crippen LogP contribution >= 0.6 is 0 Å². The molecular weight excluding hydrogens is 369 g/mol. The number of aryl methyl sites for hydroxylation is 1.